The monoisotopic (exact) mass is 199 g/mol. The van der Waals surface area contributed by atoms with Crippen LogP contribution in [0.3, 0.4) is 0 Å². The average molecular weight is 199 g/mol. The molecule has 0 unspecified atom stereocenters. The SMILES string of the molecule is CCCCCC(C(=O)OCC)=C(C)[O-]. The summed E-state index contributed by atoms with van der Waals surface area (Å²) < 4.78 is 4.80. The van der Waals surface area contributed by atoms with Gasteiger partial charge >= 0.3 is 5.97 Å². The maximum Gasteiger partial charge on any atom is 0.333 e. The Morgan fingerprint density at radius 1 is 1.29 bits per heavy atom. The Morgan fingerprint density at radius 3 is 2.36 bits per heavy atom. The molecule has 0 atom stereocenters. The summed E-state index contributed by atoms with van der Waals surface area (Å²) in [6.45, 7) is 5.56. The fourth-order valence-corrected chi connectivity index (χ4v) is 1.19. The van der Waals surface area contributed by atoms with E-state index in [1.54, 1.807) is 6.92 Å². The molecule has 0 rings (SSSR count). The van der Waals surface area contributed by atoms with E-state index >= 15 is 0 Å². The third-order valence-electron chi connectivity index (χ3n) is 1.98. The molecule has 3 nitrogen and oxygen atoms in total. The Morgan fingerprint density at radius 2 is 1.93 bits per heavy atom. The van der Waals surface area contributed by atoms with Gasteiger partial charge in [-0.2, -0.15) is 0 Å². The lowest BCUT2D eigenvalue weighted by Crippen LogP contribution is -2.14. The van der Waals surface area contributed by atoms with Gasteiger partial charge in [-0.25, -0.2) is 4.79 Å². The number of esters is 1. The maximum atomic E-state index is 11.3. The molecule has 0 fully saturated rings. The van der Waals surface area contributed by atoms with Crippen molar-refractivity contribution in [1.82, 2.24) is 0 Å². The highest BCUT2D eigenvalue weighted by molar-refractivity contribution is 5.88. The van der Waals surface area contributed by atoms with Crippen molar-refractivity contribution >= 4 is 5.97 Å². The number of carbonyl (C=O) groups is 1. The van der Waals surface area contributed by atoms with E-state index in [-0.39, 0.29) is 5.76 Å². The molecule has 0 bridgehead atoms. The van der Waals surface area contributed by atoms with Crippen molar-refractivity contribution in [2.24, 2.45) is 0 Å². The maximum absolute atomic E-state index is 11.3. The smallest absolute Gasteiger partial charge is 0.333 e. The van der Waals surface area contributed by atoms with Crippen molar-refractivity contribution in [2.45, 2.75) is 46.5 Å². The van der Waals surface area contributed by atoms with Gasteiger partial charge in [0.15, 0.2) is 0 Å². The van der Waals surface area contributed by atoms with Crippen LogP contribution >= 0.6 is 0 Å². The van der Waals surface area contributed by atoms with Crippen molar-refractivity contribution in [1.29, 1.82) is 0 Å². The van der Waals surface area contributed by atoms with Crippen LogP contribution in [0.5, 0.6) is 0 Å². The number of rotatable bonds is 6. The first kappa shape index (κ1) is 13.0. The Kier molecular flexibility index (Phi) is 6.89. The van der Waals surface area contributed by atoms with Crippen molar-refractivity contribution in [3.63, 3.8) is 0 Å². The zero-order chi connectivity index (χ0) is 11.0. The van der Waals surface area contributed by atoms with Crippen molar-refractivity contribution < 1.29 is 14.6 Å². The molecule has 3 heteroatoms. The first-order valence-corrected chi connectivity index (χ1v) is 5.17. The number of carbonyl (C=O) groups excluding carboxylic acids is 1. The Balaban J connectivity index is 4.18. The van der Waals surface area contributed by atoms with E-state index in [0.717, 1.165) is 19.3 Å². The van der Waals surface area contributed by atoms with Gasteiger partial charge < -0.3 is 9.84 Å². The van der Waals surface area contributed by atoms with Crippen LogP contribution in [0.4, 0.5) is 0 Å². The molecule has 0 aromatic heterocycles. The molecule has 0 aromatic rings. The molecule has 0 aliphatic rings. The minimum Gasteiger partial charge on any atom is -0.875 e. The molecular formula is C11H19O3-. The van der Waals surface area contributed by atoms with E-state index in [4.69, 9.17) is 4.74 Å². The van der Waals surface area contributed by atoms with E-state index < -0.39 is 5.97 Å². The summed E-state index contributed by atoms with van der Waals surface area (Å²) in [5.74, 6) is -0.615. The minimum atomic E-state index is -0.448. The van der Waals surface area contributed by atoms with E-state index in [9.17, 15) is 9.90 Å². The van der Waals surface area contributed by atoms with Crippen molar-refractivity contribution in [2.75, 3.05) is 6.61 Å². The Hall–Kier alpha value is -0.990. The van der Waals surface area contributed by atoms with Gasteiger partial charge in [-0.1, -0.05) is 26.7 Å². The number of ether oxygens (including phenoxy) is 1. The van der Waals surface area contributed by atoms with Gasteiger partial charge in [-0.15, -0.1) is 5.76 Å². The standard InChI is InChI=1S/C11H20O3/c1-4-6-7-8-10(9(3)12)11(13)14-5-2/h12H,4-8H2,1-3H3/p-1. The molecule has 0 spiro atoms. The van der Waals surface area contributed by atoms with E-state index in [1.165, 1.54) is 6.92 Å². The molecule has 0 saturated carbocycles. The van der Waals surface area contributed by atoms with Gasteiger partial charge in [0.05, 0.1) is 6.61 Å². The molecule has 0 aliphatic heterocycles. The molecule has 82 valence electrons. The third kappa shape index (κ3) is 4.90. The summed E-state index contributed by atoms with van der Waals surface area (Å²) in [5.41, 5.74) is 0.306. The lowest BCUT2D eigenvalue weighted by molar-refractivity contribution is -0.303. The molecule has 14 heavy (non-hydrogen) atoms. The number of hydrogen-bond donors (Lipinski definition) is 0. The molecule has 0 aliphatic carbocycles. The summed E-state index contributed by atoms with van der Waals surface area (Å²) in [7, 11) is 0. The molecule has 0 saturated heterocycles. The van der Waals surface area contributed by atoms with Crippen molar-refractivity contribution in [3.05, 3.63) is 11.3 Å². The Bertz CT molecular complexity index is 203. The second kappa shape index (κ2) is 7.42. The van der Waals surface area contributed by atoms with E-state index in [2.05, 4.69) is 6.92 Å². The van der Waals surface area contributed by atoms with Gasteiger partial charge in [0.25, 0.3) is 0 Å². The lowest BCUT2D eigenvalue weighted by atomic mass is 10.1. The summed E-state index contributed by atoms with van der Waals surface area (Å²) in [6.07, 6.45) is 3.54. The Labute approximate surface area is 85.8 Å². The molecule has 0 heterocycles. The zero-order valence-corrected chi connectivity index (χ0v) is 9.26. The number of allylic oxidation sites excluding steroid dienone is 1. The number of unbranched alkanes of at least 4 members (excludes halogenated alkanes) is 2. The topological polar surface area (TPSA) is 49.4 Å². The van der Waals surface area contributed by atoms with Crippen LogP contribution in [0, 0.1) is 0 Å². The van der Waals surface area contributed by atoms with Gasteiger partial charge in [0.2, 0.25) is 0 Å². The molecule has 0 radical (unpaired) electrons. The average Bonchev–Trinajstić information content (AvgIpc) is 2.12. The highest BCUT2D eigenvalue weighted by atomic mass is 16.5. The fraction of sp³-hybridized carbons (Fsp3) is 0.727. The second-order valence-corrected chi connectivity index (χ2v) is 3.21. The second-order valence-electron chi connectivity index (χ2n) is 3.21. The van der Waals surface area contributed by atoms with Crippen LogP contribution in [-0.2, 0) is 9.53 Å². The highest BCUT2D eigenvalue weighted by Gasteiger charge is 2.09. The molecule has 0 amide bonds. The van der Waals surface area contributed by atoms with Gasteiger partial charge in [0, 0.05) is 5.57 Å². The summed E-state index contributed by atoms with van der Waals surface area (Å²) in [6, 6.07) is 0. The van der Waals surface area contributed by atoms with Crippen LogP contribution in [0.2, 0.25) is 0 Å². The fourth-order valence-electron chi connectivity index (χ4n) is 1.19. The predicted octanol–water partition coefficient (Wildman–Crippen LogP) is 1.76. The van der Waals surface area contributed by atoms with Crippen LogP contribution < -0.4 is 5.11 Å². The van der Waals surface area contributed by atoms with Crippen LogP contribution in [0.25, 0.3) is 0 Å². The van der Waals surface area contributed by atoms with Gasteiger partial charge in [0.1, 0.15) is 0 Å². The first-order chi connectivity index (χ1) is 6.63. The van der Waals surface area contributed by atoms with Crippen LogP contribution in [0.1, 0.15) is 46.5 Å². The van der Waals surface area contributed by atoms with E-state index in [0.29, 0.717) is 18.6 Å². The zero-order valence-electron chi connectivity index (χ0n) is 9.26. The van der Waals surface area contributed by atoms with E-state index in [1.807, 2.05) is 0 Å². The largest absolute Gasteiger partial charge is 0.875 e. The minimum absolute atomic E-state index is 0.167. The highest BCUT2D eigenvalue weighted by Crippen LogP contribution is 2.12. The van der Waals surface area contributed by atoms with Crippen molar-refractivity contribution in [3.8, 4) is 0 Å². The summed E-state index contributed by atoms with van der Waals surface area (Å²) in [4.78, 5) is 11.3. The summed E-state index contributed by atoms with van der Waals surface area (Å²) >= 11 is 0. The number of hydrogen-bond acceptors (Lipinski definition) is 3. The third-order valence-corrected chi connectivity index (χ3v) is 1.98. The normalized spacial score (nSPS) is 12.2. The molecular weight excluding hydrogens is 180 g/mol. The molecule has 0 N–H and O–H groups in total. The first-order valence-electron chi connectivity index (χ1n) is 5.17. The van der Waals surface area contributed by atoms with Crippen LogP contribution in [0.15, 0.2) is 11.3 Å². The quantitative estimate of drug-likeness (QED) is 0.283. The summed E-state index contributed by atoms with van der Waals surface area (Å²) in [5, 5.41) is 11.1. The van der Waals surface area contributed by atoms with Crippen LogP contribution in [-0.4, -0.2) is 12.6 Å². The van der Waals surface area contributed by atoms with Gasteiger partial charge in [-0.05, 0) is 19.8 Å². The van der Waals surface area contributed by atoms with Gasteiger partial charge in [-0.3, -0.25) is 0 Å². The predicted molar refractivity (Wildman–Crippen MR) is 53.5 cm³/mol. The molecule has 0 aromatic carbocycles. The lowest BCUT2D eigenvalue weighted by Gasteiger charge is -2.14.